The fourth-order valence-electron chi connectivity index (χ4n) is 0.733. The molecule has 0 aliphatic heterocycles. The minimum absolute atomic E-state index is 0.449. The number of halogens is 2. The molecule has 0 saturated carbocycles. The fraction of sp³-hybridized carbons (Fsp3) is 0.200. The molecule has 0 aromatic rings. The summed E-state index contributed by atoms with van der Waals surface area (Å²) >= 11 is 3.19. The zero-order chi connectivity index (χ0) is 9.56. The third-order valence-electron chi connectivity index (χ3n) is 1.30. The second-order valence-electron chi connectivity index (χ2n) is 2.35. The van der Waals surface area contributed by atoms with Gasteiger partial charge in [-0.25, -0.2) is 4.39 Å². The van der Waals surface area contributed by atoms with E-state index in [-0.39, 0.29) is 0 Å². The number of hydrogen-bond donors (Lipinski definition) is 0. The van der Waals surface area contributed by atoms with Gasteiger partial charge in [0.2, 0.25) is 0 Å². The molecule has 0 fully saturated rings. The Morgan fingerprint density at radius 2 is 2.00 bits per heavy atom. The van der Waals surface area contributed by atoms with Crippen molar-refractivity contribution in [3.05, 3.63) is 47.8 Å². The van der Waals surface area contributed by atoms with E-state index in [0.29, 0.717) is 4.48 Å². The van der Waals surface area contributed by atoms with Crippen LogP contribution in [0.3, 0.4) is 0 Å². The van der Waals surface area contributed by atoms with Crippen LogP contribution in [0.1, 0.15) is 12.8 Å². The molecule has 0 saturated heterocycles. The maximum Gasteiger partial charge on any atom is 0.116 e. The molecule has 0 aromatic heterocycles. The standard InChI is InChI=1S/C10H12BrF/c1-4-5-6-10(9(3)11)7-8(2)12/h4,7H,1-3,5-6H2/b10-7-. The van der Waals surface area contributed by atoms with E-state index >= 15 is 0 Å². The minimum Gasteiger partial charge on any atom is -0.208 e. The van der Waals surface area contributed by atoms with E-state index in [1.807, 2.05) is 0 Å². The van der Waals surface area contributed by atoms with E-state index < -0.39 is 5.83 Å². The zero-order valence-electron chi connectivity index (χ0n) is 6.95. The maximum atomic E-state index is 12.4. The van der Waals surface area contributed by atoms with Crippen LogP contribution in [0.4, 0.5) is 4.39 Å². The summed E-state index contributed by atoms with van der Waals surface area (Å²) in [6, 6.07) is 0. The summed E-state index contributed by atoms with van der Waals surface area (Å²) in [7, 11) is 0. The Labute approximate surface area is 81.3 Å². The largest absolute Gasteiger partial charge is 0.208 e. The van der Waals surface area contributed by atoms with Gasteiger partial charge in [0, 0.05) is 4.48 Å². The highest BCUT2D eigenvalue weighted by Gasteiger charge is 1.98. The first-order valence-electron chi connectivity index (χ1n) is 3.58. The van der Waals surface area contributed by atoms with Crippen molar-refractivity contribution in [2.24, 2.45) is 0 Å². The van der Waals surface area contributed by atoms with Crippen molar-refractivity contribution in [1.29, 1.82) is 0 Å². The number of hydrogen-bond acceptors (Lipinski definition) is 0. The average Bonchev–Trinajstić information content (AvgIpc) is 1.96. The number of allylic oxidation sites excluding steroid dienone is 5. The topological polar surface area (TPSA) is 0 Å². The molecule has 0 heterocycles. The fourth-order valence-corrected chi connectivity index (χ4v) is 1.05. The Bertz CT molecular complexity index is 226. The highest BCUT2D eigenvalue weighted by molar-refractivity contribution is 9.11. The molecule has 0 rings (SSSR count). The molecule has 0 aliphatic rings. The highest BCUT2D eigenvalue weighted by Crippen LogP contribution is 2.21. The summed E-state index contributed by atoms with van der Waals surface area (Å²) in [6.45, 7) is 10.4. The highest BCUT2D eigenvalue weighted by atomic mass is 79.9. The Hall–Kier alpha value is -0.630. The lowest BCUT2D eigenvalue weighted by Crippen LogP contribution is -1.82. The van der Waals surface area contributed by atoms with Crippen molar-refractivity contribution in [3.8, 4) is 0 Å². The van der Waals surface area contributed by atoms with Crippen LogP contribution in [0.25, 0.3) is 0 Å². The van der Waals surface area contributed by atoms with Gasteiger partial charge in [0.05, 0.1) is 0 Å². The van der Waals surface area contributed by atoms with Gasteiger partial charge in [-0.3, -0.25) is 0 Å². The van der Waals surface area contributed by atoms with Crippen LogP contribution in [0.5, 0.6) is 0 Å². The molecule has 0 amide bonds. The van der Waals surface area contributed by atoms with E-state index in [1.54, 1.807) is 6.08 Å². The van der Waals surface area contributed by atoms with E-state index in [9.17, 15) is 4.39 Å². The molecule has 0 N–H and O–H groups in total. The summed E-state index contributed by atoms with van der Waals surface area (Å²) in [5.74, 6) is -0.449. The molecule has 0 aliphatic carbocycles. The Morgan fingerprint density at radius 1 is 1.42 bits per heavy atom. The van der Waals surface area contributed by atoms with Crippen LogP contribution in [0, 0.1) is 0 Å². The lowest BCUT2D eigenvalue weighted by atomic mass is 10.1. The van der Waals surface area contributed by atoms with E-state index in [1.165, 1.54) is 6.08 Å². The molecule has 0 atom stereocenters. The van der Waals surface area contributed by atoms with Gasteiger partial charge in [0.15, 0.2) is 0 Å². The third-order valence-corrected chi connectivity index (χ3v) is 1.81. The normalized spacial score (nSPS) is 11.0. The predicted octanol–water partition coefficient (Wildman–Crippen LogP) is 4.27. The SMILES string of the molecule is C=CCC/C(=C/C(=C)F)C(=C)Br. The molecule has 12 heavy (non-hydrogen) atoms. The first-order valence-corrected chi connectivity index (χ1v) is 4.38. The van der Waals surface area contributed by atoms with E-state index in [4.69, 9.17) is 0 Å². The van der Waals surface area contributed by atoms with Crippen molar-refractivity contribution in [1.82, 2.24) is 0 Å². The average molecular weight is 231 g/mol. The molecule has 0 radical (unpaired) electrons. The van der Waals surface area contributed by atoms with Gasteiger partial charge in [-0.2, -0.15) is 0 Å². The summed E-state index contributed by atoms with van der Waals surface area (Å²) in [5.41, 5.74) is 0.822. The van der Waals surface area contributed by atoms with Crippen LogP contribution in [-0.2, 0) is 0 Å². The van der Waals surface area contributed by atoms with Crippen molar-refractivity contribution < 1.29 is 4.39 Å². The maximum absolute atomic E-state index is 12.4. The third kappa shape index (κ3) is 5.08. The molecule has 2 heteroatoms. The van der Waals surface area contributed by atoms with Crippen LogP contribution in [0.15, 0.2) is 47.8 Å². The molecular formula is C10H12BrF. The van der Waals surface area contributed by atoms with Gasteiger partial charge in [-0.1, -0.05) is 35.2 Å². The van der Waals surface area contributed by atoms with Crippen LogP contribution in [-0.4, -0.2) is 0 Å². The summed E-state index contributed by atoms with van der Waals surface area (Å²) in [5, 5.41) is 0. The summed E-state index contributed by atoms with van der Waals surface area (Å²) < 4.78 is 13.1. The molecule has 0 bridgehead atoms. The number of rotatable bonds is 5. The van der Waals surface area contributed by atoms with Crippen molar-refractivity contribution >= 4 is 15.9 Å². The Morgan fingerprint density at radius 3 is 2.33 bits per heavy atom. The lowest BCUT2D eigenvalue weighted by Gasteiger charge is -2.01. The molecular weight excluding hydrogens is 219 g/mol. The zero-order valence-corrected chi connectivity index (χ0v) is 8.53. The second-order valence-corrected chi connectivity index (χ2v) is 3.31. The van der Waals surface area contributed by atoms with Gasteiger partial charge >= 0.3 is 0 Å². The Balaban J connectivity index is 4.32. The van der Waals surface area contributed by atoms with Gasteiger partial charge in [0.1, 0.15) is 5.83 Å². The first-order chi connectivity index (χ1) is 5.57. The second kappa shape index (κ2) is 5.95. The molecule has 0 aromatic carbocycles. The van der Waals surface area contributed by atoms with Gasteiger partial charge in [-0.05, 0) is 24.5 Å². The van der Waals surface area contributed by atoms with Gasteiger partial charge in [0.25, 0.3) is 0 Å². The quantitative estimate of drug-likeness (QED) is 0.489. The van der Waals surface area contributed by atoms with Crippen molar-refractivity contribution in [2.45, 2.75) is 12.8 Å². The smallest absolute Gasteiger partial charge is 0.116 e. The molecule has 66 valence electrons. The van der Waals surface area contributed by atoms with Crippen molar-refractivity contribution in [3.63, 3.8) is 0 Å². The van der Waals surface area contributed by atoms with Crippen molar-refractivity contribution in [2.75, 3.05) is 0 Å². The van der Waals surface area contributed by atoms with Gasteiger partial charge < -0.3 is 0 Å². The lowest BCUT2D eigenvalue weighted by molar-refractivity contribution is 0.669. The van der Waals surface area contributed by atoms with Crippen LogP contribution in [0.2, 0.25) is 0 Å². The predicted molar refractivity (Wildman–Crippen MR) is 55.8 cm³/mol. The minimum atomic E-state index is -0.449. The molecule has 0 unspecified atom stereocenters. The molecule has 0 spiro atoms. The first kappa shape index (κ1) is 11.4. The van der Waals surface area contributed by atoms with E-state index in [2.05, 4.69) is 35.7 Å². The van der Waals surface area contributed by atoms with Gasteiger partial charge in [-0.15, -0.1) is 6.58 Å². The Kier molecular flexibility index (Phi) is 5.64. The summed E-state index contributed by atoms with van der Waals surface area (Å²) in [4.78, 5) is 0. The van der Waals surface area contributed by atoms with Crippen LogP contribution >= 0.6 is 15.9 Å². The summed E-state index contributed by atoms with van der Waals surface area (Å²) in [6.07, 6.45) is 4.70. The van der Waals surface area contributed by atoms with Crippen LogP contribution < -0.4 is 0 Å². The van der Waals surface area contributed by atoms with E-state index in [0.717, 1.165) is 18.4 Å². The monoisotopic (exact) mass is 230 g/mol. The molecule has 0 nitrogen and oxygen atoms in total.